The average Bonchev–Trinajstić information content (AvgIpc) is 2.94. The quantitative estimate of drug-likeness (QED) is 0.289. The first-order valence-corrected chi connectivity index (χ1v) is 15.5. The summed E-state index contributed by atoms with van der Waals surface area (Å²) < 4.78 is 17.2. The van der Waals surface area contributed by atoms with E-state index in [1.165, 1.54) is 13.2 Å². The molecule has 44 heavy (non-hydrogen) atoms. The number of amides is 3. The van der Waals surface area contributed by atoms with Gasteiger partial charge in [-0.15, -0.1) is 0 Å². The van der Waals surface area contributed by atoms with Crippen molar-refractivity contribution in [2.75, 3.05) is 13.7 Å². The van der Waals surface area contributed by atoms with E-state index in [9.17, 15) is 29.4 Å². The van der Waals surface area contributed by atoms with Gasteiger partial charge in [0.2, 0.25) is 11.8 Å². The van der Waals surface area contributed by atoms with Gasteiger partial charge in [0, 0.05) is 12.8 Å². The molecule has 0 fully saturated rings. The minimum Gasteiger partial charge on any atom is -0.504 e. The molecule has 0 radical (unpaired) electrons. The molecule has 0 aromatic heterocycles. The molecule has 2 aliphatic heterocycles. The van der Waals surface area contributed by atoms with Crippen LogP contribution in [0, 0.1) is 6.92 Å². The maximum absolute atomic E-state index is 13.4. The Kier molecular flexibility index (Phi) is 13.5. The number of benzene rings is 2. The Hall–Kier alpha value is -3.36. The van der Waals surface area contributed by atoms with E-state index in [4.69, 9.17) is 14.2 Å². The third kappa shape index (κ3) is 10.1. The van der Waals surface area contributed by atoms with Gasteiger partial charge in [-0.3, -0.25) is 9.59 Å². The van der Waals surface area contributed by atoms with Gasteiger partial charge in [0.25, 0.3) is 0 Å². The number of alkyl carbamates (subject to hydrolysis) is 1. The second-order valence-electron chi connectivity index (χ2n) is 10.7. The van der Waals surface area contributed by atoms with Gasteiger partial charge in [-0.2, -0.15) is 0 Å². The van der Waals surface area contributed by atoms with Crippen molar-refractivity contribution in [3.05, 3.63) is 49.9 Å². The van der Waals surface area contributed by atoms with Crippen molar-refractivity contribution in [1.82, 2.24) is 16.0 Å². The molecule has 5 N–H and O–H groups in total. The second kappa shape index (κ2) is 16.1. The lowest BCUT2D eigenvalue weighted by Crippen LogP contribution is -2.58. The third-order valence-electron chi connectivity index (χ3n) is 6.10. The summed E-state index contributed by atoms with van der Waals surface area (Å²) in [5.74, 6) is -2.14. The number of aliphatic hydroxyl groups excluding tert-OH is 1. The van der Waals surface area contributed by atoms with Crippen molar-refractivity contribution in [2.45, 2.75) is 78.1 Å². The number of carbonyl (C=O) groups excluding carboxylic acids is 4. The molecule has 2 aromatic carbocycles. The highest BCUT2D eigenvalue weighted by Crippen LogP contribution is 2.42. The Morgan fingerprint density at radius 3 is 2.16 bits per heavy atom. The highest BCUT2D eigenvalue weighted by Gasteiger charge is 2.32. The molecular weight excluding hydrogens is 706 g/mol. The van der Waals surface area contributed by atoms with Crippen LogP contribution in [0.25, 0.3) is 0 Å². The molecule has 3 atom stereocenters. The van der Waals surface area contributed by atoms with Crippen molar-refractivity contribution >= 4 is 55.7 Å². The Morgan fingerprint density at radius 1 is 1.02 bits per heavy atom. The Morgan fingerprint density at radius 2 is 1.61 bits per heavy atom. The number of aryl methyl sites for hydroxylation is 1. The van der Waals surface area contributed by atoms with Crippen molar-refractivity contribution in [1.29, 1.82) is 0 Å². The van der Waals surface area contributed by atoms with E-state index in [0.717, 1.165) is 0 Å². The fourth-order valence-electron chi connectivity index (χ4n) is 4.16. The minimum absolute atomic E-state index is 0.00927. The molecule has 0 aliphatic carbocycles. The lowest BCUT2D eigenvalue weighted by molar-refractivity contribution is -0.145. The smallest absolute Gasteiger partial charge is 0.408 e. The zero-order chi connectivity index (χ0) is 33.4. The first-order chi connectivity index (χ1) is 20.6. The summed E-state index contributed by atoms with van der Waals surface area (Å²) >= 11 is 6.93. The number of phenolic OH excluding ortho intramolecular Hbond substituents is 1. The lowest BCUT2D eigenvalue weighted by atomic mass is 10.0. The summed E-state index contributed by atoms with van der Waals surface area (Å²) in [6.07, 6.45) is -0.997. The summed E-state index contributed by atoms with van der Waals surface area (Å²) in [5, 5.41) is 28.2. The molecule has 0 saturated heterocycles. The highest BCUT2D eigenvalue weighted by atomic mass is 79.9. The van der Waals surface area contributed by atoms with Crippen molar-refractivity contribution in [3.8, 4) is 17.2 Å². The van der Waals surface area contributed by atoms with Crippen LogP contribution >= 0.6 is 31.9 Å². The van der Waals surface area contributed by atoms with Crippen LogP contribution in [0.3, 0.4) is 0 Å². The number of nitrogens with one attached hydrogen (secondary N) is 3. The molecule has 3 unspecified atom stereocenters. The second-order valence-corrected chi connectivity index (χ2v) is 12.4. The number of methoxy groups -OCH3 is 1. The van der Waals surface area contributed by atoms with E-state index in [2.05, 4.69) is 47.8 Å². The molecule has 12 nitrogen and oxygen atoms in total. The number of aromatic hydroxyl groups is 1. The van der Waals surface area contributed by atoms with Crippen LogP contribution in [0.1, 0.15) is 51.3 Å². The SMILES string of the molecule is CC.COC(=O)C1Cc2cc(Br)c(c(Br)c2)Oc2cc(cc(C)c2O)CC(NC(=O)OC(C)(C)C)C(=O)NC(CO)C(=O)N1. The number of carbonyl (C=O) groups is 4. The van der Waals surface area contributed by atoms with Crippen molar-refractivity contribution in [2.24, 2.45) is 0 Å². The maximum atomic E-state index is 13.4. The molecule has 3 amide bonds. The molecule has 14 heteroatoms. The number of aliphatic hydroxyl groups is 1. The van der Waals surface area contributed by atoms with Gasteiger partial charge in [-0.1, -0.05) is 19.9 Å². The van der Waals surface area contributed by atoms with E-state index in [1.54, 1.807) is 45.9 Å². The molecule has 2 aromatic rings. The Balaban J connectivity index is 0.00000330. The molecule has 2 aliphatic rings. The normalized spacial score (nSPS) is 18.8. The van der Waals surface area contributed by atoms with Crippen LogP contribution in [0.4, 0.5) is 4.79 Å². The summed E-state index contributed by atoms with van der Waals surface area (Å²) in [5.41, 5.74) is 0.677. The number of rotatable bonds is 3. The van der Waals surface area contributed by atoms with Gasteiger partial charge >= 0.3 is 12.1 Å². The van der Waals surface area contributed by atoms with Crippen molar-refractivity contribution in [3.63, 3.8) is 0 Å². The predicted molar refractivity (Wildman–Crippen MR) is 170 cm³/mol. The average molecular weight is 745 g/mol. The molecule has 0 saturated carbocycles. The number of hydrogen-bond donors (Lipinski definition) is 5. The van der Waals surface area contributed by atoms with E-state index >= 15 is 0 Å². The van der Waals surface area contributed by atoms with Gasteiger partial charge < -0.3 is 40.4 Å². The van der Waals surface area contributed by atoms with Crippen molar-refractivity contribution < 1.29 is 43.6 Å². The van der Waals surface area contributed by atoms with E-state index in [-0.39, 0.29) is 24.3 Å². The van der Waals surface area contributed by atoms with Gasteiger partial charge in [0.1, 0.15) is 23.7 Å². The number of halogens is 2. The van der Waals surface area contributed by atoms with Gasteiger partial charge in [-0.25, -0.2) is 9.59 Å². The van der Waals surface area contributed by atoms with E-state index in [0.29, 0.717) is 31.4 Å². The summed E-state index contributed by atoms with van der Waals surface area (Å²) in [6.45, 7) is 9.83. The zero-order valence-electron chi connectivity index (χ0n) is 25.7. The van der Waals surface area contributed by atoms with Crippen LogP contribution < -0.4 is 20.7 Å². The molecule has 0 spiro atoms. The maximum Gasteiger partial charge on any atom is 0.408 e. The number of fused-ring (bicyclic) bond motifs is 10. The number of hydrogen-bond acceptors (Lipinski definition) is 9. The van der Waals surface area contributed by atoms with Crippen LogP contribution in [-0.2, 0) is 36.7 Å². The monoisotopic (exact) mass is 743 g/mol. The van der Waals surface area contributed by atoms with Gasteiger partial charge in [0.05, 0.1) is 22.7 Å². The predicted octanol–water partition coefficient (Wildman–Crippen LogP) is 4.17. The molecule has 242 valence electrons. The molecular formula is C30H39Br2N3O9. The van der Waals surface area contributed by atoms with E-state index < -0.39 is 54.2 Å². The van der Waals surface area contributed by atoms with E-state index in [1.807, 2.05) is 13.8 Å². The van der Waals surface area contributed by atoms with Gasteiger partial charge in [0.15, 0.2) is 17.2 Å². The summed E-state index contributed by atoms with van der Waals surface area (Å²) in [6, 6.07) is 2.59. The zero-order valence-corrected chi connectivity index (χ0v) is 28.8. The molecule has 4 bridgehead atoms. The first-order valence-electron chi connectivity index (χ1n) is 13.9. The Labute approximate surface area is 273 Å². The van der Waals surface area contributed by atoms with Crippen LogP contribution in [0.5, 0.6) is 17.2 Å². The fraction of sp³-hybridized carbons (Fsp3) is 0.467. The standard InChI is InChI=1S/C28H33Br2N3O9.C2H6/c1-13-6-14-9-18(33-27(39)42-28(2,3)4)24(36)32-20(12-34)25(37)31-19(26(38)40-5)10-15-7-16(29)23(17(30)8-15)41-21(11-14)22(13)35;1-2/h6-8,11,18-20,34-35H,9-10,12H2,1-5H3,(H,31,37)(H,32,36)(H,33,39);1-2H3. The fourth-order valence-corrected chi connectivity index (χ4v) is 5.60. The minimum atomic E-state index is -1.47. The van der Waals surface area contributed by atoms with Gasteiger partial charge in [-0.05, 0) is 94.4 Å². The first kappa shape index (κ1) is 36.8. The Bertz CT molecular complexity index is 1360. The number of esters is 1. The molecule has 4 rings (SSSR count). The highest BCUT2D eigenvalue weighted by molar-refractivity contribution is 9.11. The lowest BCUT2D eigenvalue weighted by Gasteiger charge is -2.25. The number of phenols is 1. The third-order valence-corrected chi connectivity index (χ3v) is 7.28. The van der Waals surface area contributed by atoms with Crippen LogP contribution in [0.15, 0.2) is 33.2 Å². The number of ether oxygens (including phenoxy) is 3. The summed E-state index contributed by atoms with van der Waals surface area (Å²) in [7, 11) is 1.17. The topological polar surface area (TPSA) is 173 Å². The largest absolute Gasteiger partial charge is 0.504 e. The summed E-state index contributed by atoms with van der Waals surface area (Å²) in [4.78, 5) is 51.8. The molecule has 2 heterocycles. The van der Waals surface area contributed by atoms with Crippen LogP contribution in [0.2, 0.25) is 0 Å². The van der Waals surface area contributed by atoms with Crippen LogP contribution in [-0.4, -0.2) is 71.5 Å².